The lowest BCUT2D eigenvalue weighted by molar-refractivity contribution is 0.0948. The molecule has 0 spiro atoms. The lowest BCUT2D eigenvalue weighted by Crippen LogP contribution is -2.27. The van der Waals surface area contributed by atoms with Crippen LogP contribution < -0.4 is 10.6 Å². The maximum Gasteiger partial charge on any atom is 0.252 e. The summed E-state index contributed by atoms with van der Waals surface area (Å²) in [5.41, 5.74) is 2.22. The number of nitrogens with one attached hydrogen (secondary N) is 2. The Hall–Kier alpha value is -2.43. The van der Waals surface area contributed by atoms with E-state index in [1.807, 2.05) is 13.8 Å². The largest absolute Gasteiger partial charge is 0.380 e. The van der Waals surface area contributed by atoms with Gasteiger partial charge in [-0.3, -0.25) is 9.78 Å². The molecule has 2 N–H and O–H groups in total. The van der Waals surface area contributed by atoms with Crippen molar-refractivity contribution in [2.75, 3.05) is 11.9 Å². The summed E-state index contributed by atoms with van der Waals surface area (Å²) in [5.74, 6) is 0.0116. The number of nitrogens with zero attached hydrogens (tertiary/aromatic N) is 1. The van der Waals surface area contributed by atoms with E-state index in [1.165, 1.54) is 12.1 Å². The highest BCUT2D eigenvalue weighted by molar-refractivity contribution is 5.94. The maximum atomic E-state index is 12.8. The minimum atomic E-state index is -0.255. The zero-order valence-corrected chi connectivity index (χ0v) is 12.8. The normalized spacial score (nSPS) is 10.5. The van der Waals surface area contributed by atoms with Crippen molar-refractivity contribution in [1.29, 1.82) is 0 Å². The van der Waals surface area contributed by atoms with Crippen molar-refractivity contribution in [3.8, 4) is 0 Å². The highest BCUT2D eigenvalue weighted by Crippen LogP contribution is 2.11. The molecule has 0 radical (unpaired) electrons. The third kappa shape index (κ3) is 4.84. The Kier molecular flexibility index (Phi) is 5.47. The van der Waals surface area contributed by atoms with Crippen LogP contribution in [0.1, 0.15) is 29.8 Å². The number of anilines is 1. The molecule has 5 heteroatoms. The van der Waals surface area contributed by atoms with E-state index in [0.29, 0.717) is 24.6 Å². The SMILES string of the molecule is CC(C)CNC(=O)c1cncc(NCc2ccc(F)cc2)c1. The van der Waals surface area contributed by atoms with E-state index in [4.69, 9.17) is 0 Å². The van der Waals surface area contributed by atoms with Gasteiger partial charge in [0.05, 0.1) is 11.3 Å². The van der Waals surface area contributed by atoms with Crippen LogP contribution in [0, 0.1) is 11.7 Å². The first kappa shape index (κ1) is 15.9. The molecule has 0 bridgehead atoms. The molecule has 0 atom stereocenters. The fraction of sp³-hybridized carbons (Fsp3) is 0.294. The van der Waals surface area contributed by atoms with Crippen molar-refractivity contribution in [2.24, 2.45) is 5.92 Å². The minimum absolute atomic E-state index is 0.133. The zero-order valence-electron chi connectivity index (χ0n) is 12.8. The van der Waals surface area contributed by atoms with Crippen LogP contribution in [0.4, 0.5) is 10.1 Å². The number of hydrogen-bond acceptors (Lipinski definition) is 3. The molecule has 4 nitrogen and oxygen atoms in total. The maximum absolute atomic E-state index is 12.8. The van der Waals surface area contributed by atoms with Gasteiger partial charge < -0.3 is 10.6 Å². The van der Waals surface area contributed by atoms with Crippen LogP contribution in [-0.4, -0.2) is 17.4 Å². The van der Waals surface area contributed by atoms with Gasteiger partial charge in [-0.05, 0) is 29.7 Å². The van der Waals surface area contributed by atoms with Crippen molar-refractivity contribution in [1.82, 2.24) is 10.3 Å². The first-order valence-electron chi connectivity index (χ1n) is 7.26. The Morgan fingerprint density at radius 3 is 2.64 bits per heavy atom. The topological polar surface area (TPSA) is 54.0 Å². The number of pyridine rings is 1. The van der Waals surface area contributed by atoms with Crippen molar-refractivity contribution in [3.63, 3.8) is 0 Å². The molecule has 0 aliphatic carbocycles. The summed E-state index contributed by atoms with van der Waals surface area (Å²) < 4.78 is 12.8. The first-order valence-corrected chi connectivity index (χ1v) is 7.26. The predicted molar refractivity (Wildman–Crippen MR) is 85.1 cm³/mol. The molecule has 2 rings (SSSR count). The molecule has 1 aromatic heterocycles. The van der Waals surface area contributed by atoms with Crippen LogP contribution in [0.15, 0.2) is 42.7 Å². The summed E-state index contributed by atoms with van der Waals surface area (Å²) in [6.07, 6.45) is 3.20. The predicted octanol–water partition coefficient (Wildman–Crippen LogP) is 3.22. The van der Waals surface area contributed by atoms with E-state index in [1.54, 1.807) is 30.6 Å². The monoisotopic (exact) mass is 301 g/mol. The Morgan fingerprint density at radius 2 is 1.95 bits per heavy atom. The molecule has 0 unspecified atom stereocenters. The van der Waals surface area contributed by atoms with E-state index >= 15 is 0 Å². The third-order valence-electron chi connectivity index (χ3n) is 3.08. The quantitative estimate of drug-likeness (QED) is 0.861. The van der Waals surface area contributed by atoms with Gasteiger partial charge in [-0.1, -0.05) is 26.0 Å². The van der Waals surface area contributed by atoms with Crippen LogP contribution in [0.2, 0.25) is 0 Å². The van der Waals surface area contributed by atoms with Gasteiger partial charge in [0.2, 0.25) is 0 Å². The summed E-state index contributed by atoms with van der Waals surface area (Å²) in [4.78, 5) is 16.1. The second kappa shape index (κ2) is 7.54. The van der Waals surface area contributed by atoms with Crippen LogP contribution in [-0.2, 0) is 6.54 Å². The molecular formula is C17H20FN3O. The van der Waals surface area contributed by atoms with Gasteiger partial charge in [-0.2, -0.15) is 0 Å². The number of halogens is 1. The van der Waals surface area contributed by atoms with Crippen molar-refractivity contribution in [2.45, 2.75) is 20.4 Å². The van der Waals surface area contributed by atoms with Gasteiger partial charge >= 0.3 is 0 Å². The standard InChI is InChI=1S/C17H20FN3O/c1-12(2)8-21-17(22)14-7-16(11-19-10-14)20-9-13-3-5-15(18)6-4-13/h3-7,10-12,20H,8-9H2,1-2H3,(H,21,22). The minimum Gasteiger partial charge on any atom is -0.380 e. The third-order valence-corrected chi connectivity index (χ3v) is 3.08. The fourth-order valence-corrected chi connectivity index (χ4v) is 1.87. The van der Waals surface area contributed by atoms with Gasteiger partial charge in [0, 0.05) is 25.5 Å². The molecule has 1 heterocycles. The number of carbonyl (C=O) groups excluding carboxylic acids is 1. The number of hydrogen-bond donors (Lipinski definition) is 2. The average Bonchev–Trinajstić information content (AvgIpc) is 2.52. The van der Waals surface area contributed by atoms with E-state index in [0.717, 1.165) is 11.3 Å². The zero-order chi connectivity index (χ0) is 15.9. The molecule has 1 aromatic carbocycles. The number of benzene rings is 1. The molecule has 0 aliphatic heterocycles. The van der Waals surface area contributed by atoms with Crippen molar-refractivity contribution >= 4 is 11.6 Å². The Balaban J connectivity index is 1.96. The molecule has 116 valence electrons. The molecule has 0 saturated heterocycles. The lowest BCUT2D eigenvalue weighted by Gasteiger charge is -2.10. The van der Waals surface area contributed by atoms with Crippen molar-refractivity contribution in [3.05, 3.63) is 59.7 Å². The average molecular weight is 301 g/mol. The number of rotatable bonds is 6. The van der Waals surface area contributed by atoms with Crippen molar-refractivity contribution < 1.29 is 9.18 Å². The highest BCUT2D eigenvalue weighted by atomic mass is 19.1. The van der Waals surface area contributed by atoms with Crippen LogP contribution in [0.25, 0.3) is 0 Å². The van der Waals surface area contributed by atoms with Crippen LogP contribution in [0.3, 0.4) is 0 Å². The van der Waals surface area contributed by atoms with Gasteiger partial charge in [-0.15, -0.1) is 0 Å². The molecule has 2 aromatic rings. The molecule has 0 saturated carbocycles. The molecule has 0 aliphatic rings. The van der Waals surface area contributed by atoms with E-state index in [-0.39, 0.29) is 11.7 Å². The lowest BCUT2D eigenvalue weighted by atomic mass is 10.2. The summed E-state index contributed by atoms with van der Waals surface area (Å²) >= 11 is 0. The van der Waals surface area contributed by atoms with Gasteiger partial charge in [-0.25, -0.2) is 4.39 Å². The Bertz CT molecular complexity index is 626. The summed E-state index contributed by atoms with van der Waals surface area (Å²) in [7, 11) is 0. The van der Waals surface area contributed by atoms with Crippen LogP contribution >= 0.6 is 0 Å². The van der Waals surface area contributed by atoms with Gasteiger partial charge in [0.25, 0.3) is 5.91 Å². The van der Waals surface area contributed by atoms with Crippen LogP contribution in [0.5, 0.6) is 0 Å². The Morgan fingerprint density at radius 1 is 1.23 bits per heavy atom. The summed E-state index contributed by atoms with van der Waals surface area (Å²) in [6, 6.07) is 8.03. The van der Waals surface area contributed by atoms with Gasteiger partial charge in [0.15, 0.2) is 0 Å². The first-order chi connectivity index (χ1) is 10.5. The van der Waals surface area contributed by atoms with E-state index < -0.39 is 0 Å². The molecule has 0 fully saturated rings. The number of aromatic nitrogens is 1. The number of amides is 1. The second-order valence-corrected chi connectivity index (χ2v) is 5.55. The number of carbonyl (C=O) groups is 1. The highest BCUT2D eigenvalue weighted by Gasteiger charge is 2.07. The fourth-order valence-electron chi connectivity index (χ4n) is 1.87. The van der Waals surface area contributed by atoms with E-state index in [9.17, 15) is 9.18 Å². The van der Waals surface area contributed by atoms with Gasteiger partial charge in [0.1, 0.15) is 5.82 Å². The smallest absolute Gasteiger partial charge is 0.252 e. The Labute approximate surface area is 129 Å². The molecular weight excluding hydrogens is 281 g/mol. The summed E-state index contributed by atoms with van der Waals surface area (Å²) in [5, 5.41) is 6.03. The molecule has 22 heavy (non-hydrogen) atoms. The van der Waals surface area contributed by atoms with E-state index in [2.05, 4.69) is 15.6 Å². The molecule has 1 amide bonds. The second-order valence-electron chi connectivity index (χ2n) is 5.55. The summed E-state index contributed by atoms with van der Waals surface area (Å²) in [6.45, 7) is 5.25.